The van der Waals surface area contributed by atoms with Crippen LogP contribution in [0.4, 0.5) is 0 Å². The van der Waals surface area contributed by atoms with Gasteiger partial charge in [0, 0.05) is 40.7 Å². The van der Waals surface area contributed by atoms with Crippen LogP contribution in [0.3, 0.4) is 0 Å². The largest absolute Gasteiger partial charge is 0.378 e. The Kier molecular flexibility index (Phi) is 14.8. The van der Waals surface area contributed by atoms with Crippen molar-refractivity contribution in [3.05, 3.63) is 0 Å². The van der Waals surface area contributed by atoms with Crippen LogP contribution in [0.2, 0.25) is 0 Å². The third-order valence-corrected chi connectivity index (χ3v) is 4.34. The van der Waals surface area contributed by atoms with Gasteiger partial charge in [0.15, 0.2) is 0 Å². The van der Waals surface area contributed by atoms with Crippen molar-refractivity contribution < 1.29 is 15.6 Å². The molecule has 0 radical (unpaired) electrons. The van der Waals surface area contributed by atoms with E-state index in [-0.39, 0.29) is 1.43 Å². The van der Waals surface area contributed by atoms with E-state index in [0.29, 0.717) is 26.4 Å². The van der Waals surface area contributed by atoms with Crippen molar-refractivity contribution in [2.45, 2.75) is 26.7 Å². The Balaban J connectivity index is 0.00000576. The van der Waals surface area contributed by atoms with Crippen molar-refractivity contribution in [1.82, 2.24) is 15.1 Å². The zero-order chi connectivity index (χ0) is 17.3. The van der Waals surface area contributed by atoms with E-state index >= 15 is 0 Å². The Labute approximate surface area is 150 Å². The summed E-state index contributed by atoms with van der Waals surface area (Å²) in [4.78, 5) is 4.98. The molecule has 0 aromatic heterocycles. The standard InChI is InChI=1S/C18H39N3O3.H2/c1-3-5-6-19-7-13-22-15-17-24-18-16-23-14-12-21-10-8-20(4-2)9-11-21;/h19H,3-18H2,1-2H3;1H. The number of likely N-dealkylation sites (N-methyl/N-ethyl adjacent to an activating group) is 1. The van der Waals surface area contributed by atoms with Crippen molar-refractivity contribution >= 4 is 0 Å². The van der Waals surface area contributed by atoms with E-state index in [9.17, 15) is 0 Å². The highest BCUT2D eigenvalue weighted by molar-refractivity contribution is 4.70. The topological polar surface area (TPSA) is 46.2 Å². The predicted octanol–water partition coefficient (Wildman–Crippen LogP) is 1.31. The van der Waals surface area contributed by atoms with Crippen LogP contribution in [-0.4, -0.2) is 102 Å². The minimum absolute atomic E-state index is 0. The molecule has 0 bridgehead atoms. The highest BCUT2D eigenvalue weighted by Crippen LogP contribution is 2.00. The molecule has 6 heteroatoms. The molecular formula is C18H41N3O3. The van der Waals surface area contributed by atoms with E-state index in [1.54, 1.807) is 0 Å². The molecule has 24 heavy (non-hydrogen) atoms. The Morgan fingerprint density at radius 2 is 1.33 bits per heavy atom. The lowest BCUT2D eigenvalue weighted by Crippen LogP contribution is -2.47. The normalized spacial score (nSPS) is 16.8. The average Bonchev–Trinajstić information content (AvgIpc) is 2.62. The quantitative estimate of drug-likeness (QED) is 0.425. The molecule has 0 atom stereocenters. The summed E-state index contributed by atoms with van der Waals surface area (Å²) in [5, 5.41) is 3.35. The monoisotopic (exact) mass is 347 g/mol. The van der Waals surface area contributed by atoms with E-state index in [2.05, 4.69) is 29.0 Å². The maximum absolute atomic E-state index is 5.64. The van der Waals surface area contributed by atoms with Crippen molar-refractivity contribution in [1.29, 1.82) is 0 Å². The zero-order valence-corrected chi connectivity index (χ0v) is 15.9. The second-order valence-corrected chi connectivity index (χ2v) is 6.22. The molecule has 0 unspecified atom stereocenters. The maximum atomic E-state index is 5.64. The summed E-state index contributed by atoms with van der Waals surface area (Å²) in [7, 11) is 0. The van der Waals surface area contributed by atoms with Gasteiger partial charge in [0.05, 0.1) is 39.6 Å². The van der Waals surface area contributed by atoms with Crippen LogP contribution in [0.25, 0.3) is 0 Å². The van der Waals surface area contributed by atoms with Gasteiger partial charge in [-0.05, 0) is 19.5 Å². The van der Waals surface area contributed by atoms with Crippen molar-refractivity contribution in [2.75, 3.05) is 92.0 Å². The number of hydrogen-bond donors (Lipinski definition) is 1. The molecule has 0 aromatic rings. The lowest BCUT2D eigenvalue weighted by atomic mass is 10.3. The molecule has 1 fully saturated rings. The molecule has 0 aromatic carbocycles. The van der Waals surface area contributed by atoms with Crippen molar-refractivity contribution in [2.24, 2.45) is 0 Å². The lowest BCUT2D eigenvalue weighted by Gasteiger charge is -2.33. The number of piperazine rings is 1. The highest BCUT2D eigenvalue weighted by atomic mass is 16.5. The molecule has 1 rings (SSSR count). The number of unbranched alkanes of at least 4 members (excludes halogenated alkanes) is 1. The molecule has 1 heterocycles. The van der Waals surface area contributed by atoms with Gasteiger partial charge in [-0.15, -0.1) is 0 Å². The summed E-state index contributed by atoms with van der Waals surface area (Å²) in [6.45, 7) is 17.6. The lowest BCUT2D eigenvalue weighted by molar-refractivity contribution is 0.00855. The van der Waals surface area contributed by atoms with Crippen LogP contribution < -0.4 is 5.32 Å². The fourth-order valence-electron chi connectivity index (χ4n) is 2.64. The van der Waals surface area contributed by atoms with Gasteiger partial charge >= 0.3 is 0 Å². The van der Waals surface area contributed by atoms with Crippen LogP contribution in [0.5, 0.6) is 0 Å². The van der Waals surface area contributed by atoms with Crippen LogP contribution in [0.1, 0.15) is 28.1 Å². The summed E-state index contributed by atoms with van der Waals surface area (Å²) < 4.78 is 16.6. The molecule has 146 valence electrons. The van der Waals surface area contributed by atoms with Crippen LogP contribution >= 0.6 is 0 Å². The highest BCUT2D eigenvalue weighted by Gasteiger charge is 2.14. The minimum Gasteiger partial charge on any atom is -0.378 e. The third-order valence-electron chi connectivity index (χ3n) is 4.34. The van der Waals surface area contributed by atoms with E-state index in [4.69, 9.17) is 14.2 Å². The van der Waals surface area contributed by atoms with Gasteiger partial charge in [0.25, 0.3) is 0 Å². The molecule has 0 saturated carbocycles. The summed E-state index contributed by atoms with van der Waals surface area (Å²) >= 11 is 0. The number of rotatable bonds is 16. The summed E-state index contributed by atoms with van der Waals surface area (Å²) in [5.41, 5.74) is 0. The Morgan fingerprint density at radius 3 is 1.96 bits per heavy atom. The first kappa shape index (κ1) is 21.8. The van der Waals surface area contributed by atoms with E-state index in [1.807, 2.05) is 0 Å². The van der Waals surface area contributed by atoms with E-state index in [0.717, 1.165) is 32.8 Å². The molecular weight excluding hydrogens is 306 g/mol. The first-order valence-electron chi connectivity index (χ1n) is 9.75. The summed E-state index contributed by atoms with van der Waals surface area (Å²) in [6, 6.07) is 0. The molecule has 0 spiro atoms. The first-order chi connectivity index (χ1) is 11.9. The van der Waals surface area contributed by atoms with Crippen LogP contribution in [0.15, 0.2) is 0 Å². The van der Waals surface area contributed by atoms with Crippen LogP contribution in [0, 0.1) is 0 Å². The van der Waals surface area contributed by atoms with Gasteiger partial charge in [-0.3, -0.25) is 4.90 Å². The molecule has 0 amide bonds. The molecule has 1 N–H and O–H groups in total. The fourth-order valence-corrected chi connectivity index (χ4v) is 2.64. The van der Waals surface area contributed by atoms with Gasteiger partial charge in [0.2, 0.25) is 0 Å². The Hall–Kier alpha value is -0.240. The Morgan fingerprint density at radius 1 is 0.750 bits per heavy atom. The van der Waals surface area contributed by atoms with Gasteiger partial charge in [-0.25, -0.2) is 0 Å². The second kappa shape index (κ2) is 16.2. The number of hydrogen-bond acceptors (Lipinski definition) is 6. The first-order valence-corrected chi connectivity index (χ1v) is 9.75. The minimum atomic E-state index is 0. The van der Waals surface area contributed by atoms with Crippen molar-refractivity contribution in [3.63, 3.8) is 0 Å². The van der Waals surface area contributed by atoms with E-state index < -0.39 is 0 Å². The number of ether oxygens (including phenoxy) is 3. The predicted molar refractivity (Wildman–Crippen MR) is 101 cm³/mol. The second-order valence-electron chi connectivity index (χ2n) is 6.22. The van der Waals surface area contributed by atoms with Gasteiger partial charge in [-0.1, -0.05) is 20.3 Å². The molecule has 6 nitrogen and oxygen atoms in total. The smallest absolute Gasteiger partial charge is 0.0701 e. The number of nitrogens with one attached hydrogen (secondary N) is 1. The van der Waals surface area contributed by atoms with Crippen LogP contribution in [-0.2, 0) is 14.2 Å². The molecule has 0 aliphatic carbocycles. The van der Waals surface area contributed by atoms with Gasteiger partial charge < -0.3 is 24.4 Å². The average molecular weight is 348 g/mol. The molecule has 1 saturated heterocycles. The maximum Gasteiger partial charge on any atom is 0.0701 e. The number of nitrogens with zero attached hydrogens (tertiary/aromatic N) is 2. The Bertz CT molecular complexity index is 268. The summed E-state index contributed by atoms with van der Waals surface area (Å²) in [5.74, 6) is 0. The third kappa shape index (κ3) is 12.2. The zero-order valence-electron chi connectivity index (χ0n) is 15.9. The SMILES string of the molecule is CCCCNCCOCCOCCOCCN1CCN(CC)CC1.[HH]. The fraction of sp³-hybridized carbons (Fsp3) is 1.00. The van der Waals surface area contributed by atoms with E-state index in [1.165, 1.54) is 45.6 Å². The summed E-state index contributed by atoms with van der Waals surface area (Å²) in [6.07, 6.45) is 2.47. The van der Waals surface area contributed by atoms with Gasteiger partial charge in [0.1, 0.15) is 0 Å². The van der Waals surface area contributed by atoms with Gasteiger partial charge in [-0.2, -0.15) is 0 Å². The molecule has 1 aliphatic heterocycles. The van der Waals surface area contributed by atoms with Crippen molar-refractivity contribution in [3.8, 4) is 0 Å². The molecule has 1 aliphatic rings.